The second kappa shape index (κ2) is 6.59. The Balaban J connectivity index is 1.59. The minimum absolute atomic E-state index is 0.797. The van der Waals surface area contributed by atoms with Crippen LogP contribution in [0.25, 0.3) is 0 Å². The Morgan fingerprint density at radius 3 is 2.62 bits per heavy atom. The third-order valence-corrected chi connectivity index (χ3v) is 3.67. The van der Waals surface area contributed by atoms with E-state index in [1.165, 1.54) is 16.8 Å². The Labute approximate surface area is 125 Å². The lowest BCUT2D eigenvalue weighted by Crippen LogP contribution is -2.36. The van der Waals surface area contributed by atoms with Crippen molar-refractivity contribution in [1.29, 1.82) is 0 Å². The van der Waals surface area contributed by atoms with Crippen LogP contribution >= 0.6 is 0 Å². The van der Waals surface area contributed by atoms with Gasteiger partial charge in [-0.2, -0.15) is 0 Å². The molecule has 0 unspecified atom stereocenters. The van der Waals surface area contributed by atoms with Crippen molar-refractivity contribution >= 4 is 11.4 Å². The summed E-state index contributed by atoms with van der Waals surface area (Å²) in [6.45, 7) is 6.45. The van der Waals surface area contributed by atoms with Crippen molar-refractivity contribution in [2.24, 2.45) is 0 Å². The standard InChI is InChI=1S/C17H21N3O/c1-14-10-15(12-18-11-14)13-19-16-2-4-17(5-3-16)20-6-8-21-9-7-20/h2-5,10-12,19H,6-9,13H2,1H3. The molecule has 21 heavy (non-hydrogen) atoms. The number of anilines is 2. The van der Waals surface area contributed by atoms with E-state index in [4.69, 9.17) is 4.74 Å². The Morgan fingerprint density at radius 1 is 1.14 bits per heavy atom. The molecular formula is C17H21N3O. The predicted molar refractivity (Wildman–Crippen MR) is 85.8 cm³/mol. The van der Waals surface area contributed by atoms with Gasteiger partial charge in [0.05, 0.1) is 13.2 Å². The quantitative estimate of drug-likeness (QED) is 0.936. The Kier molecular flexibility index (Phi) is 4.36. The highest BCUT2D eigenvalue weighted by atomic mass is 16.5. The first kappa shape index (κ1) is 13.9. The highest BCUT2D eigenvalue weighted by Gasteiger charge is 2.10. The lowest BCUT2D eigenvalue weighted by molar-refractivity contribution is 0.122. The van der Waals surface area contributed by atoms with E-state index in [0.717, 1.165) is 38.5 Å². The number of benzene rings is 1. The van der Waals surface area contributed by atoms with Gasteiger partial charge >= 0.3 is 0 Å². The van der Waals surface area contributed by atoms with Crippen LogP contribution in [0.4, 0.5) is 11.4 Å². The monoisotopic (exact) mass is 283 g/mol. The number of rotatable bonds is 4. The van der Waals surface area contributed by atoms with Crippen LogP contribution in [0.3, 0.4) is 0 Å². The van der Waals surface area contributed by atoms with Crippen LogP contribution in [-0.4, -0.2) is 31.3 Å². The van der Waals surface area contributed by atoms with Gasteiger partial charge in [-0.1, -0.05) is 6.07 Å². The fourth-order valence-electron chi connectivity index (χ4n) is 2.53. The molecule has 1 saturated heterocycles. The van der Waals surface area contributed by atoms with Gasteiger partial charge in [-0.25, -0.2) is 0 Å². The summed E-state index contributed by atoms with van der Waals surface area (Å²) >= 11 is 0. The number of pyridine rings is 1. The van der Waals surface area contributed by atoms with Gasteiger partial charge in [0.1, 0.15) is 0 Å². The van der Waals surface area contributed by atoms with Crippen molar-refractivity contribution in [3.8, 4) is 0 Å². The van der Waals surface area contributed by atoms with Gasteiger partial charge in [0.15, 0.2) is 0 Å². The molecule has 4 nitrogen and oxygen atoms in total. The number of nitrogens with zero attached hydrogens (tertiary/aromatic N) is 2. The van der Waals surface area contributed by atoms with E-state index in [-0.39, 0.29) is 0 Å². The van der Waals surface area contributed by atoms with E-state index in [1.807, 2.05) is 12.4 Å². The highest BCUT2D eigenvalue weighted by Crippen LogP contribution is 2.19. The van der Waals surface area contributed by atoms with E-state index in [9.17, 15) is 0 Å². The summed E-state index contributed by atoms with van der Waals surface area (Å²) in [5.41, 5.74) is 4.79. The van der Waals surface area contributed by atoms with E-state index in [0.29, 0.717) is 0 Å². The van der Waals surface area contributed by atoms with Crippen LogP contribution in [0.2, 0.25) is 0 Å². The molecule has 1 N–H and O–H groups in total. The van der Waals surface area contributed by atoms with Crippen molar-refractivity contribution in [1.82, 2.24) is 4.98 Å². The van der Waals surface area contributed by atoms with Gasteiger partial charge in [-0.3, -0.25) is 4.98 Å². The van der Waals surface area contributed by atoms with Crippen molar-refractivity contribution in [2.75, 3.05) is 36.5 Å². The highest BCUT2D eigenvalue weighted by molar-refractivity contribution is 5.55. The molecule has 2 aromatic rings. The lowest BCUT2D eigenvalue weighted by Gasteiger charge is -2.28. The van der Waals surface area contributed by atoms with Crippen LogP contribution in [0, 0.1) is 6.92 Å². The van der Waals surface area contributed by atoms with E-state index in [1.54, 1.807) is 0 Å². The molecule has 1 aliphatic rings. The van der Waals surface area contributed by atoms with Gasteiger partial charge in [-0.15, -0.1) is 0 Å². The minimum atomic E-state index is 0.797. The molecule has 3 rings (SSSR count). The summed E-state index contributed by atoms with van der Waals surface area (Å²) < 4.78 is 5.38. The average molecular weight is 283 g/mol. The summed E-state index contributed by atoms with van der Waals surface area (Å²) in [7, 11) is 0. The fraction of sp³-hybridized carbons (Fsp3) is 0.353. The van der Waals surface area contributed by atoms with E-state index >= 15 is 0 Å². The molecule has 1 aliphatic heterocycles. The molecule has 0 spiro atoms. The first-order chi connectivity index (χ1) is 10.3. The smallest absolute Gasteiger partial charge is 0.0642 e. The van der Waals surface area contributed by atoms with Crippen LogP contribution in [0.1, 0.15) is 11.1 Å². The maximum atomic E-state index is 5.38. The average Bonchev–Trinajstić information content (AvgIpc) is 2.54. The second-order valence-electron chi connectivity index (χ2n) is 5.37. The van der Waals surface area contributed by atoms with E-state index < -0.39 is 0 Å². The number of aryl methyl sites for hydroxylation is 1. The Morgan fingerprint density at radius 2 is 1.90 bits per heavy atom. The first-order valence-electron chi connectivity index (χ1n) is 7.38. The molecule has 1 aromatic carbocycles. The SMILES string of the molecule is Cc1cncc(CNc2ccc(N3CCOCC3)cc2)c1. The van der Waals surface area contributed by atoms with Crippen molar-refractivity contribution < 1.29 is 4.74 Å². The molecule has 2 heterocycles. The Hall–Kier alpha value is -2.07. The summed E-state index contributed by atoms with van der Waals surface area (Å²) in [6, 6.07) is 10.8. The zero-order chi connectivity index (χ0) is 14.5. The molecule has 1 aromatic heterocycles. The number of hydrogen-bond donors (Lipinski definition) is 1. The molecule has 0 bridgehead atoms. The van der Waals surface area contributed by atoms with Crippen LogP contribution < -0.4 is 10.2 Å². The largest absolute Gasteiger partial charge is 0.381 e. The van der Waals surface area contributed by atoms with Gasteiger partial charge in [0.25, 0.3) is 0 Å². The number of hydrogen-bond acceptors (Lipinski definition) is 4. The van der Waals surface area contributed by atoms with Crippen LogP contribution in [0.5, 0.6) is 0 Å². The molecular weight excluding hydrogens is 262 g/mol. The molecule has 0 radical (unpaired) electrons. The van der Waals surface area contributed by atoms with Gasteiger partial charge in [-0.05, 0) is 42.3 Å². The molecule has 1 fully saturated rings. The molecule has 0 saturated carbocycles. The Bertz CT molecular complexity index is 577. The second-order valence-corrected chi connectivity index (χ2v) is 5.37. The molecule has 0 aliphatic carbocycles. The van der Waals surface area contributed by atoms with Crippen molar-refractivity contribution in [3.05, 3.63) is 53.9 Å². The van der Waals surface area contributed by atoms with Crippen LogP contribution in [0.15, 0.2) is 42.7 Å². The normalized spacial score (nSPS) is 15.0. The first-order valence-corrected chi connectivity index (χ1v) is 7.38. The maximum Gasteiger partial charge on any atom is 0.0642 e. The third kappa shape index (κ3) is 3.73. The summed E-state index contributed by atoms with van der Waals surface area (Å²) in [5, 5.41) is 3.44. The molecule has 110 valence electrons. The maximum absolute atomic E-state index is 5.38. The summed E-state index contributed by atoms with van der Waals surface area (Å²) in [6.07, 6.45) is 3.78. The number of morpholine rings is 1. The van der Waals surface area contributed by atoms with Crippen molar-refractivity contribution in [2.45, 2.75) is 13.5 Å². The predicted octanol–water partition coefficient (Wildman–Crippen LogP) is 2.84. The molecule has 4 heteroatoms. The van der Waals surface area contributed by atoms with Gasteiger partial charge < -0.3 is 15.0 Å². The number of nitrogens with one attached hydrogen (secondary N) is 1. The zero-order valence-corrected chi connectivity index (χ0v) is 12.4. The van der Waals surface area contributed by atoms with Crippen LogP contribution in [-0.2, 0) is 11.3 Å². The molecule has 0 atom stereocenters. The minimum Gasteiger partial charge on any atom is -0.381 e. The number of ether oxygens (including phenoxy) is 1. The van der Waals surface area contributed by atoms with E-state index in [2.05, 4.69) is 52.5 Å². The topological polar surface area (TPSA) is 37.4 Å². The van der Waals surface area contributed by atoms with Gasteiger partial charge in [0.2, 0.25) is 0 Å². The third-order valence-electron chi connectivity index (χ3n) is 3.67. The molecule has 0 amide bonds. The summed E-state index contributed by atoms with van der Waals surface area (Å²) in [5.74, 6) is 0. The zero-order valence-electron chi connectivity index (χ0n) is 12.4. The lowest BCUT2D eigenvalue weighted by atomic mass is 10.2. The number of aromatic nitrogens is 1. The summed E-state index contributed by atoms with van der Waals surface area (Å²) in [4.78, 5) is 6.57. The fourth-order valence-corrected chi connectivity index (χ4v) is 2.53. The van der Waals surface area contributed by atoms with Crippen molar-refractivity contribution in [3.63, 3.8) is 0 Å². The van der Waals surface area contributed by atoms with Gasteiger partial charge in [0, 0.05) is 43.4 Å².